The summed E-state index contributed by atoms with van der Waals surface area (Å²) in [6, 6.07) is 0. The third-order valence-corrected chi connectivity index (χ3v) is 11.5. The Morgan fingerprint density at radius 3 is 1.31 bits per heavy atom. The van der Waals surface area contributed by atoms with Crippen LogP contribution >= 0.6 is 7.82 Å². The lowest BCUT2D eigenvalue weighted by molar-refractivity contribution is -0.161. The third-order valence-electron chi connectivity index (χ3n) is 10.4. The molecular formula is C50H91O8P. The second-order valence-corrected chi connectivity index (χ2v) is 17.6. The summed E-state index contributed by atoms with van der Waals surface area (Å²) in [5.41, 5.74) is 0. The standard InChI is InChI=1S/C50H91O8P/c1-4-7-9-11-13-15-17-19-21-23-24-25-26-27-29-30-32-34-36-38-40-42-44-49(51)55-46-48(47-57-59(53,54)56-6-3)58-50(52)45-43-41-39-37-35-33-31-28-22-20-18-16-14-12-10-8-5-2/h8,10,14,16,20,22,31,33,48H,4-7,9,11-13,15,17-19,21,23-30,32,34-47H2,1-3H3,(H,53,54)/b10-8-,16-14-,22-20-,33-31-. The molecule has 9 heteroatoms. The fraction of sp³-hybridized carbons (Fsp3) is 0.800. The van der Waals surface area contributed by atoms with Crippen molar-refractivity contribution in [1.82, 2.24) is 0 Å². The highest BCUT2D eigenvalue weighted by Crippen LogP contribution is 2.43. The Kier molecular flexibility index (Phi) is 44.0. The zero-order chi connectivity index (χ0) is 43.2. The van der Waals surface area contributed by atoms with E-state index in [1.807, 2.05) is 0 Å². The van der Waals surface area contributed by atoms with E-state index in [-0.39, 0.29) is 25.6 Å². The van der Waals surface area contributed by atoms with Crippen molar-refractivity contribution < 1.29 is 37.6 Å². The van der Waals surface area contributed by atoms with Gasteiger partial charge in [0.05, 0.1) is 13.2 Å². The molecule has 0 aliphatic heterocycles. The molecule has 0 amide bonds. The second-order valence-electron chi connectivity index (χ2n) is 16.1. The molecule has 0 aromatic carbocycles. The maximum atomic E-state index is 12.6. The monoisotopic (exact) mass is 851 g/mol. The molecule has 59 heavy (non-hydrogen) atoms. The van der Waals surface area contributed by atoms with Crippen LogP contribution in [0.25, 0.3) is 0 Å². The first-order chi connectivity index (χ1) is 28.8. The van der Waals surface area contributed by atoms with Crippen molar-refractivity contribution in [2.45, 2.75) is 239 Å². The SMILES string of the molecule is CC/C=C\C/C=C\C/C=C\C/C=C\CCCCCCC(=O)OC(COC(=O)CCCCCCCCCCCCCCCCCCCCCCCC)COP(=O)(O)OCC. The normalized spacial score (nSPS) is 13.6. The van der Waals surface area contributed by atoms with Crippen LogP contribution in [0.5, 0.6) is 0 Å². The molecule has 0 saturated heterocycles. The van der Waals surface area contributed by atoms with Crippen LogP contribution in [0, 0.1) is 0 Å². The molecule has 0 heterocycles. The largest absolute Gasteiger partial charge is 0.472 e. The van der Waals surface area contributed by atoms with Crippen LogP contribution in [-0.4, -0.2) is 42.8 Å². The van der Waals surface area contributed by atoms with E-state index in [0.717, 1.165) is 70.6 Å². The van der Waals surface area contributed by atoms with Crippen LogP contribution in [0.4, 0.5) is 0 Å². The molecule has 0 aromatic rings. The van der Waals surface area contributed by atoms with Crippen molar-refractivity contribution >= 4 is 19.8 Å². The molecule has 0 aliphatic carbocycles. The Labute approximate surface area is 363 Å². The first kappa shape index (κ1) is 57.0. The number of ether oxygens (including phenoxy) is 2. The fourth-order valence-corrected chi connectivity index (χ4v) is 7.61. The molecule has 1 N–H and O–H groups in total. The third kappa shape index (κ3) is 45.4. The van der Waals surface area contributed by atoms with Gasteiger partial charge < -0.3 is 14.4 Å². The molecule has 2 unspecified atom stereocenters. The highest BCUT2D eigenvalue weighted by atomic mass is 31.2. The molecule has 0 saturated carbocycles. The van der Waals surface area contributed by atoms with Crippen LogP contribution in [0.1, 0.15) is 233 Å². The Hall–Kier alpha value is -1.99. The van der Waals surface area contributed by atoms with E-state index in [1.165, 1.54) is 122 Å². The minimum absolute atomic E-state index is 0.00492. The lowest BCUT2D eigenvalue weighted by Crippen LogP contribution is -2.29. The predicted octanol–water partition coefficient (Wildman–Crippen LogP) is 15.7. The van der Waals surface area contributed by atoms with Gasteiger partial charge in [-0.05, 0) is 58.3 Å². The number of phosphoric acid groups is 1. The first-order valence-corrected chi connectivity index (χ1v) is 25.9. The average Bonchev–Trinajstić information content (AvgIpc) is 3.22. The van der Waals surface area contributed by atoms with Gasteiger partial charge in [-0.25, -0.2) is 4.57 Å². The first-order valence-electron chi connectivity index (χ1n) is 24.4. The number of allylic oxidation sites excluding steroid dienone is 8. The van der Waals surface area contributed by atoms with Gasteiger partial charge in [-0.3, -0.25) is 18.6 Å². The molecule has 0 radical (unpaired) electrons. The smallest absolute Gasteiger partial charge is 0.462 e. The molecule has 0 spiro atoms. The van der Waals surface area contributed by atoms with E-state index >= 15 is 0 Å². The van der Waals surface area contributed by atoms with Gasteiger partial charge in [0.25, 0.3) is 0 Å². The summed E-state index contributed by atoms with van der Waals surface area (Å²) in [4.78, 5) is 34.9. The van der Waals surface area contributed by atoms with Crippen LogP contribution in [-0.2, 0) is 32.7 Å². The summed E-state index contributed by atoms with van der Waals surface area (Å²) in [5, 5.41) is 0. The molecule has 0 bridgehead atoms. The molecule has 0 aliphatic rings. The number of esters is 2. The lowest BCUT2D eigenvalue weighted by Gasteiger charge is -2.19. The maximum Gasteiger partial charge on any atom is 0.472 e. The van der Waals surface area contributed by atoms with Crippen molar-refractivity contribution in [3.63, 3.8) is 0 Å². The minimum atomic E-state index is -4.29. The van der Waals surface area contributed by atoms with Crippen LogP contribution in [0.2, 0.25) is 0 Å². The van der Waals surface area contributed by atoms with Gasteiger partial charge in [0.1, 0.15) is 6.61 Å². The number of hydrogen-bond donors (Lipinski definition) is 1. The van der Waals surface area contributed by atoms with Crippen molar-refractivity contribution in [3.8, 4) is 0 Å². The van der Waals surface area contributed by atoms with E-state index in [2.05, 4.69) is 62.5 Å². The van der Waals surface area contributed by atoms with E-state index in [1.54, 1.807) is 6.92 Å². The van der Waals surface area contributed by atoms with E-state index in [4.69, 9.17) is 18.5 Å². The van der Waals surface area contributed by atoms with Gasteiger partial charge >= 0.3 is 19.8 Å². The van der Waals surface area contributed by atoms with E-state index in [0.29, 0.717) is 12.8 Å². The number of carbonyl (C=O) groups is 2. The minimum Gasteiger partial charge on any atom is -0.462 e. The summed E-state index contributed by atoms with van der Waals surface area (Å²) in [5.74, 6) is -0.818. The zero-order valence-corrected chi connectivity index (χ0v) is 39.3. The van der Waals surface area contributed by atoms with Crippen molar-refractivity contribution in [2.24, 2.45) is 0 Å². The average molecular weight is 851 g/mol. The van der Waals surface area contributed by atoms with Gasteiger partial charge in [-0.2, -0.15) is 0 Å². The quantitative estimate of drug-likeness (QED) is 0.0279. The van der Waals surface area contributed by atoms with Gasteiger partial charge in [-0.1, -0.05) is 210 Å². The lowest BCUT2D eigenvalue weighted by atomic mass is 10.0. The molecule has 2 atom stereocenters. The summed E-state index contributed by atoms with van der Waals surface area (Å²) >= 11 is 0. The Bertz CT molecular complexity index is 1100. The van der Waals surface area contributed by atoms with Gasteiger partial charge in [-0.15, -0.1) is 0 Å². The van der Waals surface area contributed by atoms with Crippen LogP contribution in [0.3, 0.4) is 0 Å². The van der Waals surface area contributed by atoms with Crippen molar-refractivity contribution in [2.75, 3.05) is 19.8 Å². The number of hydrogen-bond acceptors (Lipinski definition) is 7. The van der Waals surface area contributed by atoms with Crippen LogP contribution in [0.15, 0.2) is 48.6 Å². The number of carbonyl (C=O) groups excluding carboxylic acids is 2. The molecule has 0 fully saturated rings. The van der Waals surface area contributed by atoms with E-state index in [9.17, 15) is 19.0 Å². The molecule has 8 nitrogen and oxygen atoms in total. The highest BCUT2D eigenvalue weighted by molar-refractivity contribution is 7.47. The molecule has 0 rings (SSSR count). The Morgan fingerprint density at radius 1 is 0.475 bits per heavy atom. The van der Waals surface area contributed by atoms with Gasteiger partial charge in [0, 0.05) is 12.8 Å². The molecule has 0 aromatic heterocycles. The highest BCUT2D eigenvalue weighted by Gasteiger charge is 2.25. The Morgan fingerprint density at radius 2 is 0.864 bits per heavy atom. The summed E-state index contributed by atoms with van der Waals surface area (Å²) in [7, 11) is -4.29. The van der Waals surface area contributed by atoms with E-state index < -0.39 is 26.5 Å². The van der Waals surface area contributed by atoms with Crippen molar-refractivity contribution in [3.05, 3.63) is 48.6 Å². The number of rotatable bonds is 45. The maximum absolute atomic E-state index is 12.6. The summed E-state index contributed by atoms with van der Waals surface area (Å²) in [6.45, 7) is 5.37. The fourth-order valence-electron chi connectivity index (χ4n) is 6.86. The van der Waals surface area contributed by atoms with Gasteiger partial charge in [0.2, 0.25) is 0 Å². The zero-order valence-electron chi connectivity index (χ0n) is 38.4. The summed E-state index contributed by atoms with van der Waals surface area (Å²) < 4.78 is 32.7. The summed E-state index contributed by atoms with van der Waals surface area (Å²) in [6.07, 6.45) is 54.6. The number of unbranched alkanes of at least 4 members (excludes halogenated alkanes) is 25. The van der Waals surface area contributed by atoms with Crippen LogP contribution < -0.4 is 0 Å². The molecular weight excluding hydrogens is 760 g/mol. The topological polar surface area (TPSA) is 108 Å². The Balaban J connectivity index is 4.00. The predicted molar refractivity (Wildman–Crippen MR) is 249 cm³/mol. The molecule has 344 valence electrons. The van der Waals surface area contributed by atoms with Gasteiger partial charge in [0.15, 0.2) is 6.10 Å². The second kappa shape index (κ2) is 45.5. The number of phosphoric ester groups is 1. The van der Waals surface area contributed by atoms with Crippen molar-refractivity contribution in [1.29, 1.82) is 0 Å².